The average molecular weight is 490 g/mol. The van der Waals surface area contributed by atoms with Gasteiger partial charge in [0.15, 0.2) is 0 Å². The molecule has 0 fully saturated rings. The highest BCUT2D eigenvalue weighted by atomic mass is 79.9. The standard InChI is InChI=1S/C22H18BrClN2O2S/c1-15-6-12-18(13-7-15)29(27,28)26-22(19-4-2-3-5-20(19)24)14-21(25-26)16-8-10-17(23)11-9-16/h2-14,22,25H,1H3/t22-/m0/s1. The van der Waals surface area contributed by atoms with Crippen molar-refractivity contribution in [2.24, 2.45) is 0 Å². The van der Waals surface area contributed by atoms with Crippen molar-refractivity contribution in [3.63, 3.8) is 0 Å². The predicted octanol–water partition coefficient (Wildman–Crippen LogP) is 5.70. The third-order valence-corrected chi connectivity index (χ3v) is 7.34. The smallest absolute Gasteiger partial charge is 0.260 e. The Balaban J connectivity index is 1.80. The van der Waals surface area contributed by atoms with Crippen LogP contribution in [0.2, 0.25) is 5.02 Å². The SMILES string of the molecule is Cc1ccc(S(=O)(=O)N2NC(c3ccc(Br)cc3)=C[C@H]2c2ccccc2Cl)cc1. The Hall–Kier alpha value is -2.12. The summed E-state index contributed by atoms with van der Waals surface area (Å²) in [6.07, 6.45) is 1.89. The van der Waals surface area contributed by atoms with Gasteiger partial charge in [0, 0.05) is 9.50 Å². The number of halogens is 2. The maximum Gasteiger partial charge on any atom is 0.260 e. The number of nitrogens with zero attached hydrogens (tertiary/aromatic N) is 1. The summed E-state index contributed by atoms with van der Waals surface area (Å²) in [7, 11) is -3.82. The van der Waals surface area contributed by atoms with Gasteiger partial charge in [-0.2, -0.15) is 0 Å². The first-order valence-electron chi connectivity index (χ1n) is 8.96. The Bertz CT molecular complexity index is 1180. The first kappa shape index (κ1) is 20.2. The Labute approximate surface area is 184 Å². The Morgan fingerprint density at radius 1 is 0.966 bits per heavy atom. The van der Waals surface area contributed by atoms with Gasteiger partial charge in [-0.15, -0.1) is 4.41 Å². The molecule has 1 heterocycles. The number of hydrogen-bond acceptors (Lipinski definition) is 3. The molecule has 3 aromatic carbocycles. The molecule has 0 aromatic heterocycles. The van der Waals surface area contributed by atoms with Crippen molar-refractivity contribution in [3.05, 3.63) is 105 Å². The first-order chi connectivity index (χ1) is 13.9. The third kappa shape index (κ3) is 3.98. The summed E-state index contributed by atoms with van der Waals surface area (Å²) in [6, 6.07) is 21.2. The molecule has 3 aromatic rings. The lowest BCUT2D eigenvalue weighted by Crippen LogP contribution is -2.39. The fraction of sp³-hybridized carbons (Fsp3) is 0.0909. The Morgan fingerprint density at radius 2 is 1.62 bits per heavy atom. The van der Waals surface area contributed by atoms with Crippen LogP contribution in [0.25, 0.3) is 5.70 Å². The molecule has 0 bridgehead atoms. The number of benzene rings is 3. The van der Waals surface area contributed by atoms with Gasteiger partial charge < -0.3 is 5.43 Å². The van der Waals surface area contributed by atoms with Gasteiger partial charge in [0.1, 0.15) is 0 Å². The quantitative estimate of drug-likeness (QED) is 0.511. The maximum atomic E-state index is 13.5. The van der Waals surface area contributed by atoms with Crippen molar-refractivity contribution in [1.29, 1.82) is 0 Å². The molecule has 4 nitrogen and oxygen atoms in total. The van der Waals surface area contributed by atoms with Gasteiger partial charge in [-0.25, -0.2) is 8.42 Å². The molecule has 0 unspecified atom stereocenters. The zero-order valence-corrected chi connectivity index (χ0v) is 18.7. The van der Waals surface area contributed by atoms with Gasteiger partial charge in [0.25, 0.3) is 10.0 Å². The number of nitrogens with one attached hydrogen (secondary N) is 1. The van der Waals surface area contributed by atoms with Crippen molar-refractivity contribution < 1.29 is 8.42 Å². The molecule has 29 heavy (non-hydrogen) atoms. The van der Waals surface area contributed by atoms with Crippen LogP contribution in [0.4, 0.5) is 0 Å². The second-order valence-electron chi connectivity index (χ2n) is 6.78. The zero-order chi connectivity index (χ0) is 20.6. The normalized spacial score (nSPS) is 17.1. The summed E-state index contributed by atoms with van der Waals surface area (Å²) in [5.74, 6) is 0. The van der Waals surface area contributed by atoms with E-state index in [-0.39, 0.29) is 4.90 Å². The summed E-state index contributed by atoms with van der Waals surface area (Å²) in [5.41, 5.74) is 6.38. The molecule has 4 rings (SSSR count). The van der Waals surface area contributed by atoms with E-state index in [1.165, 1.54) is 4.41 Å². The van der Waals surface area contributed by atoms with Crippen LogP contribution in [0.15, 0.2) is 88.2 Å². The van der Waals surface area contributed by atoms with Gasteiger partial charge in [-0.3, -0.25) is 0 Å². The van der Waals surface area contributed by atoms with Crippen molar-refractivity contribution in [2.45, 2.75) is 17.9 Å². The van der Waals surface area contributed by atoms with Crippen LogP contribution in [-0.2, 0) is 10.0 Å². The highest BCUT2D eigenvalue weighted by Gasteiger charge is 2.37. The van der Waals surface area contributed by atoms with Gasteiger partial charge in [-0.1, -0.05) is 75.6 Å². The van der Waals surface area contributed by atoms with E-state index in [0.29, 0.717) is 16.3 Å². The fourth-order valence-electron chi connectivity index (χ4n) is 3.21. The van der Waals surface area contributed by atoms with Gasteiger partial charge >= 0.3 is 0 Å². The van der Waals surface area contributed by atoms with E-state index in [2.05, 4.69) is 21.4 Å². The number of rotatable bonds is 4. The molecule has 7 heteroatoms. The zero-order valence-electron chi connectivity index (χ0n) is 15.5. The van der Waals surface area contributed by atoms with Crippen LogP contribution in [0.5, 0.6) is 0 Å². The molecule has 1 atom stereocenters. The molecule has 1 aliphatic heterocycles. The Kier molecular flexibility index (Phi) is 5.53. The molecule has 0 spiro atoms. The average Bonchev–Trinajstić information content (AvgIpc) is 3.15. The topological polar surface area (TPSA) is 49.4 Å². The van der Waals surface area contributed by atoms with Crippen LogP contribution in [0.1, 0.15) is 22.7 Å². The third-order valence-electron chi connectivity index (χ3n) is 4.76. The molecule has 1 aliphatic rings. The minimum absolute atomic E-state index is 0.220. The summed E-state index contributed by atoms with van der Waals surface area (Å²) < 4.78 is 29.1. The van der Waals surface area contributed by atoms with E-state index in [1.807, 2.05) is 55.5 Å². The highest BCUT2D eigenvalue weighted by molar-refractivity contribution is 9.10. The lowest BCUT2D eigenvalue weighted by atomic mass is 10.1. The molecular formula is C22H18BrClN2O2S. The van der Waals surface area contributed by atoms with E-state index in [4.69, 9.17) is 11.6 Å². The van der Waals surface area contributed by atoms with Crippen LogP contribution >= 0.6 is 27.5 Å². The highest BCUT2D eigenvalue weighted by Crippen LogP contribution is 2.38. The van der Waals surface area contributed by atoms with Crippen LogP contribution < -0.4 is 5.43 Å². The van der Waals surface area contributed by atoms with Crippen LogP contribution in [-0.4, -0.2) is 12.8 Å². The molecule has 0 amide bonds. The van der Waals surface area contributed by atoms with Crippen LogP contribution in [0.3, 0.4) is 0 Å². The van der Waals surface area contributed by atoms with Crippen molar-refractivity contribution in [3.8, 4) is 0 Å². The first-order valence-corrected chi connectivity index (χ1v) is 11.6. The molecule has 0 aliphatic carbocycles. The lowest BCUT2D eigenvalue weighted by Gasteiger charge is -2.25. The largest absolute Gasteiger partial charge is 0.304 e. The number of hydrazine groups is 1. The fourth-order valence-corrected chi connectivity index (χ4v) is 5.12. The molecule has 148 valence electrons. The van der Waals surface area contributed by atoms with Gasteiger partial charge in [0.2, 0.25) is 0 Å². The van der Waals surface area contributed by atoms with E-state index in [9.17, 15) is 8.42 Å². The van der Waals surface area contributed by atoms with Gasteiger partial charge in [0.05, 0.1) is 16.6 Å². The lowest BCUT2D eigenvalue weighted by molar-refractivity contribution is 0.348. The maximum absolute atomic E-state index is 13.5. The van der Waals surface area contributed by atoms with E-state index in [1.54, 1.807) is 30.3 Å². The summed E-state index contributed by atoms with van der Waals surface area (Å²) >= 11 is 9.84. The number of aryl methyl sites for hydroxylation is 1. The Morgan fingerprint density at radius 3 is 2.28 bits per heavy atom. The molecular weight excluding hydrogens is 472 g/mol. The van der Waals surface area contributed by atoms with E-state index in [0.717, 1.165) is 15.6 Å². The summed E-state index contributed by atoms with van der Waals surface area (Å²) in [5, 5.41) is 0.511. The summed E-state index contributed by atoms with van der Waals surface area (Å²) in [6.45, 7) is 1.92. The second kappa shape index (κ2) is 7.95. The molecule has 1 N–H and O–H groups in total. The van der Waals surface area contributed by atoms with Crippen molar-refractivity contribution in [2.75, 3.05) is 0 Å². The van der Waals surface area contributed by atoms with Crippen molar-refractivity contribution in [1.82, 2.24) is 9.84 Å². The minimum atomic E-state index is -3.82. The summed E-state index contributed by atoms with van der Waals surface area (Å²) in [4.78, 5) is 0.220. The van der Waals surface area contributed by atoms with Crippen molar-refractivity contribution >= 4 is 43.3 Å². The molecule has 0 saturated heterocycles. The molecule has 0 radical (unpaired) electrons. The predicted molar refractivity (Wildman–Crippen MR) is 120 cm³/mol. The van der Waals surface area contributed by atoms with Crippen LogP contribution in [0, 0.1) is 6.92 Å². The molecule has 0 saturated carbocycles. The second-order valence-corrected chi connectivity index (χ2v) is 9.92. The van der Waals surface area contributed by atoms with Gasteiger partial charge in [-0.05, 0) is 54.5 Å². The van der Waals surface area contributed by atoms with E-state index < -0.39 is 16.1 Å². The number of sulfonamides is 1. The number of hydrogen-bond donors (Lipinski definition) is 1. The monoisotopic (exact) mass is 488 g/mol. The van der Waals surface area contributed by atoms with E-state index >= 15 is 0 Å². The minimum Gasteiger partial charge on any atom is -0.304 e.